The number of hydrogen-bond donors (Lipinski definition) is 2. The Hall–Kier alpha value is -2.57. The first kappa shape index (κ1) is 16.9. The lowest BCUT2D eigenvalue weighted by molar-refractivity contribution is 0.174. The predicted octanol–water partition coefficient (Wildman–Crippen LogP) is 3.35. The van der Waals surface area contributed by atoms with Gasteiger partial charge in [-0.15, -0.1) is 0 Å². The second-order valence-electron chi connectivity index (χ2n) is 6.95. The van der Waals surface area contributed by atoms with Crippen molar-refractivity contribution < 1.29 is 13.9 Å². The largest absolute Gasteiger partial charge is 0.490 e. The average Bonchev–Trinajstić information content (AvgIpc) is 3.12. The summed E-state index contributed by atoms with van der Waals surface area (Å²) in [6.07, 6.45) is 5.24. The van der Waals surface area contributed by atoms with Gasteiger partial charge in [-0.3, -0.25) is 5.10 Å². The molecule has 2 aliphatic rings. The summed E-state index contributed by atoms with van der Waals surface area (Å²) in [5, 5.41) is 10.1. The van der Waals surface area contributed by atoms with Gasteiger partial charge < -0.3 is 15.0 Å². The van der Waals surface area contributed by atoms with E-state index in [1.807, 2.05) is 17.0 Å². The van der Waals surface area contributed by atoms with Crippen LogP contribution in [0.2, 0.25) is 0 Å². The molecule has 2 aliphatic heterocycles. The van der Waals surface area contributed by atoms with E-state index in [9.17, 15) is 9.18 Å². The number of rotatable bonds is 2. The van der Waals surface area contributed by atoms with E-state index in [4.69, 9.17) is 4.74 Å². The van der Waals surface area contributed by atoms with E-state index in [-0.39, 0.29) is 29.6 Å². The van der Waals surface area contributed by atoms with Crippen LogP contribution in [0.3, 0.4) is 0 Å². The number of nitrogens with zero attached hydrogens (tertiary/aromatic N) is 2. The first-order chi connectivity index (χ1) is 12.7. The van der Waals surface area contributed by atoms with Gasteiger partial charge >= 0.3 is 6.03 Å². The quantitative estimate of drug-likeness (QED) is 0.865. The Morgan fingerprint density at radius 1 is 1.31 bits per heavy atom. The molecule has 2 unspecified atom stereocenters. The van der Waals surface area contributed by atoms with Crippen LogP contribution in [-0.4, -0.2) is 40.8 Å². The highest BCUT2D eigenvalue weighted by Gasteiger charge is 2.29. The highest BCUT2D eigenvalue weighted by atomic mass is 19.1. The Morgan fingerprint density at radius 2 is 2.23 bits per heavy atom. The lowest BCUT2D eigenvalue weighted by Crippen LogP contribution is -2.46. The zero-order valence-corrected chi connectivity index (χ0v) is 14.6. The van der Waals surface area contributed by atoms with Crippen molar-refractivity contribution >= 4 is 6.03 Å². The highest BCUT2D eigenvalue weighted by Crippen LogP contribution is 2.34. The van der Waals surface area contributed by atoms with Gasteiger partial charge in [0.05, 0.1) is 12.6 Å². The van der Waals surface area contributed by atoms with E-state index in [0.717, 1.165) is 43.5 Å². The monoisotopic (exact) mass is 358 g/mol. The molecule has 2 atom stereocenters. The van der Waals surface area contributed by atoms with Gasteiger partial charge in [-0.2, -0.15) is 5.10 Å². The summed E-state index contributed by atoms with van der Waals surface area (Å²) in [7, 11) is 0. The van der Waals surface area contributed by atoms with Crippen molar-refractivity contribution in [1.29, 1.82) is 0 Å². The van der Waals surface area contributed by atoms with Crippen molar-refractivity contribution in [1.82, 2.24) is 20.4 Å². The molecular weight excluding hydrogens is 335 g/mol. The molecule has 7 heteroatoms. The maximum Gasteiger partial charge on any atom is 0.317 e. The van der Waals surface area contributed by atoms with Gasteiger partial charge in [0.1, 0.15) is 0 Å². The van der Waals surface area contributed by atoms with Crippen molar-refractivity contribution in [3.05, 3.63) is 47.5 Å². The Bertz CT molecular complexity index is 765. The second-order valence-corrected chi connectivity index (χ2v) is 6.95. The molecule has 4 rings (SSSR count). The van der Waals surface area contributed by atoms with Crippen LogP contribution >= 0.6 is 0 Å². The predicted molar refractivity (Wildman–Crippen MR) is 94.5 cm³/mol. The first-order valence-corrected chi connectivity index (χ1v) is 9.18. The number of aromatic nitrogens is 2. The summed E-state index contributed by atoms with van der Waals surface area (Å²) in [6.45, 7) is 1.86. The number of benzene rings is 1. The van der Waals surface area contributed by atoms with Crippen LogP contribution < -0.4 is 10.1 Å². The molecule has 1 saturated heterocycles. The molecule has 2 aromatic rings. The summed E-state index contributed by atoms with van der Waals surface area (Å²) in [6, 6.07) is 6.52. The Kier molecular flexibility index (Phi) is 4.77. The number of urea groups is 1. The van der Waals surface area contributed by atoms with Gasteiger partial charge in [0.2, 0.25) is 0 Å². The van der Waals surface area contributed by atoms with Crippen molar-refractivity contribution in [3.63, 3.8) is 0 Å². The van der Waals surface area contributed by atoms with Gasteiger partial charge in [-0.05, 0) is 37.8 Å². The van der Waals surface area contributed by atoms with Crippen LogP contribution in [-0.2, 0) is 0 Å². The molecule has 1 aromatic carbocycles. The highest BCUT2D eigenvalue weighted by molar-refractivity contribution is 5.75. The number of para-hydroxylation sites is 1. The third kappa shape index (κ3) is 3.38. The lowest BCUT2D eigenvalue weighted by atomic mass is 9.95. The summed E-state index contributed by atoms with van der Waals surface area (Å²) in [5.74, 6) is 0.171. The molecule has 26 heavy (non-hydrogen) atoms. The molecule has 0 spiro atoms. The molecule has 138 valence electrons. The number of carbonyl (C=O) groups is 1. The van der Waals surface area contributed by atoms with E-state index in [1.165, 1.54) is 6.07 Å². The van der Waals surface area contributed by atoms with Crippen molar-refractivity contribution in [2.45, 2.75) is 37.6 Å². The first-order valence-electron chi connectivity index (χ1n) is 9.18. The molecule has 1 fully saturated rings. The van der Waals surface area contributed by atoms with E-state index in [0.29, 0.717) is 13.2 Å². The minimum Gasteiger partial charge on any atom is -0.490 e. The van der Waals surface area contributed by atoms with Crippen molar-refractivity contribution in [2.75, 3.05) is 19.7 Å². The van der Waals surface area contributed by atoms with Crippen molar-refractivity contribution in [3.8, 4) is 5.75 Å². The fraction of sp³-hybridized carbons (Fsp3) is 0.474. The second kappa shape index (κ2) is 7.35. The zero-order chi connectivity index (χ0) is 17.9. The van der Waals surface area contributed by atoms with Gasteiger partial charge in [0.25, 0.3) is 0 Å². The van der Waals surface area contributed by atoms with Crippen LogP contribution in [0.5, 0.6) is 5.75 Å². The minimum absolute atomic E-state index is 0.101. The number of carbonyl (C=O) groups excluding carboxylic acids is 1. The van der Waals surface area contributed by atoms with Crippen LogP contribution in [0.4, 0.5) is 9.18 Å². The maximum absolute atomic E-state index is 14.1. The topological polar surface area (TPSA) is 70.2 Å². The fourth-order valence-corrected chi connectivity index (χ4v) is 3.87. The van der Waals surface area contributed by atoms with Gasteiger partial charge in [-0.1, -0.05) is 12.1 Å². The van der Waals surface area contributed by atoms with E-state index < -0.39 is 0 Å². The molecular formula is C19H23FN4O2. The molecule has 0 radical (unpaired) electrons. The van der Waals surface area contributed by atoms with Crippen LogP contribution in [0.25, 0.3) is 0 Å². The van der Waals surface area contributed by atoms with Crippen molar-refractivity contribution in [2.24, 2.45) is 0 Å². The van der Waals surface area contributed by atoms with Crippen LogP contribution in [0.15, 0.2) is 30.5 Å². The molecule has 0 saturated carbocycles. The third-order valence-corrected chi connectivity index (χ3v) is 5.22. The van der Waals surface area contributed by atoms with Gasteiger partial charge in [-0.25, -0.2) is 9.18 Å². The molecule has 1 aromatic heterocycles. The lowest BCUT2D eigenvalue weighted by Gasteiger charge is -2.33. The van der Waals surface area contributed by atoms with E-state index >= 15 is 0 Å². The molecule has 3 heterocycles. The number of ether oxygens (including phenoxy) is 1. The number of fused-ring (bicyclic) bond motifs is 1. The van der Waals surface area contributed by atoms with Gasteiger partial charge in [0.15, 0.2) is 11.6 Å². The molecule has 2 N–H and O–H groups in total. The SMILES string of the molecule is O=C(NC1CCCOc2c(F)cccc21)N1CCCC(c2ccn[nH]2)C1. The molecule has 2 amide bonds. The number of H-pyrrole nitrogens is 1. The zero-order valence-electron chi connectivity index (χ0n) is 14.6. The number of hydrogen-bond acceptors (Lipinski definition) is 3. The van der Waals surface area contributed by atoms with Gasteiger partial charge in [0, 0.05) is 36.5 Å². The van der Waals surface area contributed by atoms with Crippen LogP contribution in [0.1, 0.15) is 48.9 Å². The van der Waals surface area contributed by atoms with Crippen LogP contribution in [0, 0.1) is 5.82 Å². The average molecular weight is 358 g/mol. The Labute approximate surface area is 151 Å². The summed E-state index contributed by atoms with van der Waals surface area (Å²) in [5.41, 5.74) is 1.79. The number of likely N-dealkylation sites (tertiary alicyclic amines) is 1. The molecule has 0 aliphatic carbocycles. The number of aromatic amines is 1. The Balaban J connectivity index is 1.47. The summed E-state index contributed by atoms with van der Waals surface area (Å²) in [4.78, 5) is 14.7. The fourth-order valence-electron chi connectivity index (χ4n) is 3.87. The minimum atomic E-state index is -0.374. The van der Waals surface area contributed by atoms with E-state index in [2.05, 4.69) is 15.5 Å². The smallest absolute Gasteiger partial charge is 0.317 e. The number of amides is 2. The standard InChI is InChI=1S/C19H23FN4O2/c20-15-6-1-5-14-17(7-3-11-26-18(14)15)22-19(25)24-10-2-4-13(12-24)16-8-9-21-23-16/h1,5-6,8-9,13,17H,2-4,7,10-12H2,(H,21,23)(H,22,25). The summed E-state index contributed by atoms with van der Waals surface area (Å²) >= 11 is 0. The molecule has 0 bridgehead atoms. The number of piperidine rings is 1. The van der Waals surface area contributed by atoms with E-state index in [1.54, 1.807) is 12.3 Å². The summed E-state index contributed by atoms with van der Waals surface area (Å²) < 4.78 is 19.6. The number of nitrogens with one attached hydrogen (secondary N) is 2. The molecule has 6 nitrogen and oxygen atoms in total. The Morgan fingerprint density at radius 3 is 3.08 bits per heavy atom. The number of halogens is 1. The maximum atomic E-state index is 14.1. The normalized spacial score (nSPS) is 22.9. The third-order valence-electron chi connectivity index (χ3n) is 5.22.